The Morgan fingerprint density at radius 3 is 3.00 bits per heavy atom. The molecule has 0 aliphatic rings. The van der Waals surface area contributed by atoms with Crippen LogP contribution < -0.4 is 5.32 Å². The zero-order chi connectivity index (χ0) is 13.9. The molecule has 5 nitrogen and oxygen atoms in total. The van der Waals surface area contributed by atoms with Gasteiger partial charge < -0.3 is 9.84 Å². The van der Waals surface area contributed by atoms with Crippen LogP contribution in [0, 0.1) is 0 Å². The first-order valence-electron chi connectivity index (χ1n) is 6.68. The topological polar surface area (TPSA) is 63.8 Å². The van der Waals surface area contributed by atoms with Crippen LogP contribution >= 0.6 is 0 Å². The molecule has 102 valence electrons. The Kier molecular flexibility index (Phi) is 3.43. The molecule has 0 spiro atoms. The minimum atomic E-state index is 0.0957. The molecule has 0 aliphatic carbocycles. The Morgan fingerprint density at radius 1 is 1.30 bits per heavy atom. The van der Waals surface area contributed by atoms with Crippen LogP contribution in [-0.4, -0.2) is 22.2 Å². The van der Waals surface area contributed by atoms with Gasteiger partial charge in [-0.2, -0.15) is 4.98 Å². The summed E-state index contributed by atoms with van der Waals surface area (Å²) in [6.45, 7) is 2.08. The van der Waals surface area contributed by atoms with E-state index in [2.05, 4.69) is 27.4 Å². The van der Waals surface area contributed by atoms with Gasteiger partial charge in [0, 0.05) is 17.1 Å². The molecule has 1 unspecified atom stereocenters. The Labute approximate surface area is 117 Å². The highest BCUT2D eigenvalue weighted by Crippen LogP contribution is 2.23. The maximum atomic E-state index is 5.34. The molecule has 0 radical (unpaired) electrons. The molecule has 0 saturated heterocycles. The predicted molar refractivity (Wildman–Crippen MR) is 77.1 cm³/mol. The zero-order valence-corrected chi connectivity index (χ0v) is 11.5. The average Bonchev–Trinajstić information content (AvgIpc) is 2.98. The minimum absolute atomic E-state index is 0.0957. The van der Waals surface area contributed by atoms with Gasteiger partial charge in [0.2, 0.25) is 11.7 Å². The third-order valence-electron chi connectivity index (χ3n) is 3.36. The third kappa shape index (κ3) is 2.28. The lowest BCUT2D eigenvalue weighted by Crippen LogP contribution is -2.15. The second-order valence-electron chi connectivity index (χ2n) is 4.62. The highest BCUT2D eigenvalue weighted by Gasteiger charge is 2.16. The molecule has 3 aromatic rings. The van der Waals surface area contributed by atoms with E-state index in [-0.39, 0.29) is 6.04 Å². The lowest BCUT2D eigenvalue weighted by Gasteiger charge is -2.06. The van der Waals surface area contributed by atoms with E-state index in [1.54, 1.807) is 6.20 Å². The number of nitrogens with zero attached hydrogens (tertiary/aromatic N) is 3. The minimum Gasteiger partial charge on any atom is -0.337 e. The Bertz CT molecular complexity index is 718. The lowest BCUT2D eigenvalue weighted by molar-refractivity contribution is 0.334. The van der Waals surface area contributed by atoms with E-state index < -0.39 is 0 Å². The molecule has 1 N–H and O–H groups in total. The number of fused-ring (bicyclic) bond motifs is 1. The number of aromatic nitrogens is 3. The van der Waals surface area contributed by atoms with Crippen LogP contribution in [0.4, 0.5) is 0 Å². The number of nitrogens with one attached hydrogen (secondary N) is 1. The average molecular weight is 268 g/mol. The van der Waals surface area contributed by atoms with E-state index in [4.69, 9.17) is 4.52 Å². The fraction of sp³-hybridized carbons (Fsp3) is 0.267. The van der Waals surface area contributed by atoms with Gasteiger partial charge in [-0.05, 0) is 37.7 Å². The van der Waals surface area contributed by atoms with Gasteiger partial charge in [0.25, 0.3) is 0 Å². The largest absolute Gasteiger partial charge is 0.337 e. The third-order valence-corrected chi connectivity index (χ3v) is 3.36. The van der Waals surface area contributed by atoms with Gasteiger partial charge in [0.05, 0.1) is 11.6 Å². The maximum absolute atomic E-state index is 5.34. The van der Waals surface area contributed by atoms with Crippen molar-refractivity contribution < 1.29 is 4.52 Å². The van der Waals surface area contributed by atoms with Gasteiger partial charge in [-0.1, -0.05) is 18.1 Å². The van der Waals surface area contributed by atoms with E-state index in [1.807, 2.05) is 37.4 Å². The smallest absolute Gasteiger partial charge is 0.244 e. The van der Waals surface area contributed by atoms with Crippen molar-refractivity contribution in [2.45, 2.75) is 19.4 Å². The van der Waals surface area contributed by atoms with Crippen LogP contribution in [-0.2, 0) is 0 Å². The molecule has 0 fully saturated rings. The summed E-state index contributed by atoms with van der Waals surface area (Å²) in [6, 6.07) is 9.99. The number of pyridine rings is 1. The van der Waals surface area contributed by atoms with E-state index in [0.717, 1.165) is 22.9 Å². The number of hydrogen-bond donors (Lipinski definition) is 1. The molecule has 1 aromatic carbocycles. The molecular weight excluding hydrogens is 252 g/mol. The van der Waals surface area contributed by atoms with Crippen molar-refractivity contribution in [1.82, 2.24) is 20.4 Å². The van der Waals surface area contributed by atoms with E-state index in [0.29, 0.717) is 11.7 Å². The second kappa shape index (κ2) is 5.38. The SMILES string of the molecule is CCC(NC)c1nc(-c2ccc3ncccc3c2)no1. The molecule has 5 heteroatoms. The van der Waals surface area contributed by atoms with Gasteiger partial charge in [0.15, 0.2) is 0 Å². The Hall–Kier alpha value is -2.27. The molecule has 0 amide bonds. The summed E-state index contributed by atoms with van der Waals surface area (Å²) in [4.78, 5) is 8.77. The summed E-state index contributed by atoms with van der Waals surface area (Å²) in [5, 5.41) is 8.29. The van der Waals surface area contributed by atoms with Crippen LogP contribution in [0.25, 0.3) is 22.3 Å². The quantitative estimate of drug-likeness (QED) is 0.788. The first-order chi connectivity index (χ1) is 9.81. The lowest BCUT2D eigenvalue weighted by atomic mass is 10.1. The molecular formula is C15H16N4O. The number of benzene rings is 1. The maximum Gasteiger partial charge on any atom is 0.244 e. The van der Waals surface area contributed by atoms with Crippen LogP contribution in [0.1, 0.15) is 25.3 Å². The summed E-state index contributed by atoms with van der Waals surface area (Å²) in [7, 11) is 1.89. The number of rotatable bonds is 4. The van der Waals surface area contributed by atoms with Gasteiger partial charge in [0.1, 0.15) is 0 Å². The molecule has 0 aliphatic heterocycles. The van der Waals surface area contributed by atoms with Crippen LogP contribution in [0.2, 0.25) is 0 Å². The van der Waals surface area contributed by atoms with Crippen LogP contribution in [0.15, 0.2) is 41.1 Å². The standard InChI is InChI=1S/C15H16N4O/c1-3-12(16-2)15-18-14(19-20-15)11-6-7-13-10(9-11)5-4-8-17-13/h4-9,12,16H,3H2,1-2H3. The molecule has 0 bridgehead atoms. The van der Waals surface area contributed by atoms with Crippen LogP contribution in [0.5, 0.6) is 0 Å². The van der Waals surface area contributed by atoms with Crippen molar-refractivity contribution in [1.29, 1.82) is 0 Å². The first-order valence-corrected chi connectivity index (χ1v) is 6.68. The fourth-order valence-corrected chi connectivity index (χ4v) is 2.21. The van der Waals surface area contributed by atoms with Crippen molar-refractivity contribution >= 4 is 10.9 Å². The highest BCUT2D eigenvalue weighted by atomic mass is 16.5. The highest BCUT2D eigenvalue weighted by molar-refractivity contribution is 5.82. The Balaban J connectivity index is 1.98. The van der Waals surface area contributed by atoms with Crippen molar-refractivity contribution in [3.63, 3.8) is 0 Å². The van der Waals surface area contributed by atoms with E-state index >= 15 is 0 Å². The zero-order valence-electron chi connectivity index (χ0n) is 11.5. The molecule has 2 heterocycles. The monoisotopic (exact) mass is 268 g/mol. The summed E-state index contributed by atoms with van der Waals surface area (Å²) >= 11 is 0. The summed E-state index contributed by atoms with van der Waals surface area (Å²) in [5.41, 5.74) is 1.90. The summed E-state index contributed by atoms with van der Waals surface area (Å²) in [5.74, 6) is 1.23. The van der Waals surface area contributed by atoms with Crippen LogP contribution in [0.3, 0.4) is 0 Å². The van der Waals surface area contributed by atoms with Crippen molar-refractivity contribution in [2.75, 3.05) is 7.05 Å². The molecule has 1 atom stereocenters. The molecule has 20 heavy (non-hydrogen) atoms. The summed E-state index contributed by atoms with van der Waals surface area (Å²) < 4.78 is 5.34. The first kappa shape index (κ1) is 12.7. The number of hydrogen-bond acceptors (Lipinski definition) is 5. The van der Waals surface area contributed by atoms with E-state index in [9.17, 15) is 0 Å². The van der Waals surface area contributed by atoms with Gasteiger partial charge in [-0.25, -0.2) is 0 Å². The van der Waals surface area contributed by atoms with Gasteiger partial charge in [-0.15, -0.1) is 0 Å². The van der Waals surface area contributed by atoms with Crippen molar-refractivity contribution in [3.05, 3.63) is 42.4 Å². The molecule has 3 rings (SSSR count). The molecule has 2 aromatic heterocycles. The molecule has 0 saturated carbocycles. The van der Waals surface area contributed by atoms with Crippen molar-refractivity contribution in [2.24, 2.45) is 0 Å². The van der Waals surface area contributed by atoms with Gasteiger partial charge >= 0.3 is 0 Å². The second-order valence-corrected chi connectivity index (χ2v) is 4.62. The predicted octanol–water partition coefficient (Wildman–Crippen LogP) is 2.96. The fourth-order valence-electron chi connectivity index (χ4n) is 2.21. The Morgan fingerprint density at radius 2 is 2.20 bits per heavy atom. The summed E-state index contributed by atoms with van der Waals surface area (Å²) in [6.07, 6.45) is 2.69. The normalized spacial score (nSPS) is 12.7. The van der Waals surface area contributed by atoms with E-state index in [1.165, 1.54) is 0 Å². The van der Waals surface area contributed by atoms with Gasteiger partial charge in [-0.3, -0.25) is 4.98 Å². The van der Waals surface area contributed by atoms with Crippen molar-refractivity contribution in [3.8, 4) is 11.4 Å².